The molecule has 0 fully saturated rings. The van der Waals surface area contributed by atoms with E-state index in [0.29, 0.717) is 17.7 Å². The van der Waals surface area contributed by atoms with Crippen LogP contribution < -0.4 is 5.32 Å². The minimum absolute atomic E-state index is 0.174. The van der Waals surface area contributed by atoms with E-state index < -0.39 is 36.2 Å². The number of nitrogens with one attached hydrogen (secondary N) is 1. The number of hydrogen-bond donors (Lipinski definition) is 1. The Morgan fingerprint density at radius 3 is 2.61 bits per heavy atom. The molecule has 0 aliphatic heterocycles. The van der Waals surface area contributed by atoms with E-state index >= 15 is 0 Å². The van der Waals surface area contributed by atoms with Gasteiger partial charge in [0.2, 0.25) is 0 Å². The summed E-state index contributed by atoms with van der Waals surface area (Å²) in [6.07, 6.45) is 2.21. The van der Waals surface area contributed by atoms with Gasteiger partial charge in [-0.1, -0.05) is 35.9 Å². The lowest BCUT2D eigenvalue weighted by molar-refractivity contribution is -0.153. The van der Waals surface area contributed by atoms with E-state index in [4.69, 9.17) is 16.3 Å². The molecule has 166 valence electrons. The Kier molecular flexibility index (Phi) is 9.81. The first kappa shape index (κ1) is 24.7. The van der Waals surface area contributed by atoms with Gasteiger partial charge in [-0.2, -0.15) is 11.8 Å². The standard InChI is InChI=1S/C22H24ClFN2O4S/c1-26(13-15-6-5-7-16(24)12-15)20(27)14-30-22(29)19(10-11-31-2)25-21(28)17-8-3-4-9-18(17)23/h3-9,12,19H,10-11,13-14H2,1-2H3,(H,25,28). The van der Waals surface area contributed by atoms with Gasteiger partial charge in [-0.15, -0.1) is 0 Å². The summed E-state index contributed by atoms with van der Waals surface area (Å²) in [6.45, 7) is -0.310. The highest BCUT2D eigenvalue weighted by Gasteiger charge is 2.24. The van der Waals surface area contributed by atoms with Crippen molar-refractivity contribution in [3.63, 3.8) is 0 Å². The largest absolute Gasteiger partial charge is 0.454 e. The van der Waals surface area contributed by atoms with Gasteiger partial charge in [-0.05, 0) is 48.3 Å². The number of benzene rings is 2. The normalized spacial score (nSPS) is 11.5. The quantitative estimate of drug-likeness (QED) is 0.542. The molecular formula is C22H24ClFN2O4S. The molecule has 1 unspecified atom stereocenters. The first-order valence-corrected chi connectivity index (χ1v) is 11.3. The number of carbonyl (C=O) groups is 3. The third-order valence-electron chi connectivity index (χ3n) is 4.39. The van der Waals surface area contributed by atoms with Gasteiger partial charge in [-0.25, -0.2) is 9.18 Å². The van der Waals surface area contributed by atoms with Crippen LogP contribution in [0.2, 0.25) is 5.02 Å². The van der Waals surface area contributed by atoms with Crippen LogP contribution in [0.25, 0.3) is 0 Å². The van der Waals surface area contributed by atoms with Crippen molar-refractivity contribution in [2.45, 2.75) is 19.0 Å². The number of nitrogens with zero attached hydrogens (tertiary/aromatic N) is 1. The highest BCUT2D eigenvalue weighted by Crippen LogP contribution is 2.15. The van der Waals surface area contributed by atoms with Gasteiger partial charge in [0.1, 0.15) is 11.9 Å². The molecule has 0 radical (unpaired) electrons. The topological polar surface area (TPSA) is 75.7 Å². The minimum atomic E-state index is -0.919. The maximum absolute atomic E-state index is 13.3. The molecule has 31 heavy (non-hydrogen) atoms. The predicted octanol–water partition coefficient (Wildman–Crippen LogP) is 3.53. The zero-order chi connectivity index (χ0) is 22.8. The number of amides is 2. The lowest BCUT2D eigenvalue weighted by atomic mass is 10.1. The number of halogens is 2. The van der Waals surface area contributed by atoms with Crippen molar-refractivity contribution in [2.75, 3.05) is 25.7 Å². The first-order valence-electron chi connectivity index (χ1n) is 9.51. The Morgan fingerprint density at radius 2 is 1.94 bits per heavy atom. The Balaban J connectivity index is 1.94. The number of carbonyl (C=O) groups excluding carboxylic acids is 3. The summed E-state index contributed by atoms with van der Waals surface area (Å²) in [5, 5.41) is 2.90. The average Bonchev–Trinajstić information content (AvgIpc) is 2.74. The number of ether oxygens (including phenoxy) is 1. The number of esters is 1. The molecule has 0 aliphatic rings. The van der Waals surface area contributed by atoms with Crippen LogP contribution in [0.5, 0.6) is 0 Å². The highest BCUT2D eigenvalue weighted by molar-refractivity contribution is 7.98. The molecular weight excluding hydrogens is 443 g/mol. The molecule has 0 heterocycles. The molecule has 2 amide bonds. The molecule has 0 saturated heterocycles. The molecule has 2 aromatic rings. The van der Waals surface area contributed by atoms with Gasteiger partial charge in [0.05, 0.1) is 10.6 Å². The van der Waals surface area contributed by atoms with Crippen LogP contribution in [0.15, 0.2) is 48.5 Å². The van der Waals surface area contributed by atoms with Crippen molar-refractivity contribution in [3.05, 3.63) is 70.5 Å². The minimum Gasteiger partial charge on any atom is -0.454 e. The first-order chi connectivity index (χ1) is 14.8. The van der Waals surface area contributed by atoms with Crippen LogP contribution in [0, 0.1) is 5.82 Å². The number of likely N-dealkylation sites (N-methyl/N-ethyl adjacent to an activating group) is 1. The molecule has 1 atom stereocenters. The van der Waals surface area contributed by atoms with E-state index in [-0.39, 0.29) is 17.1 Å². The highest BCUT2D eigenvalue weighted by atomic mass is 35.5. The second-order valence-electron chi connectivity index (χ2n) is 6.77. The van der Waals surface area contributed by atoms with E-state index in [9.17, 15) is 18.8 Å². The van der Waals surface area contributed by atoms with E-state index in [1.165, 1.54) is 35.8 Å². The Bertz CT molecular complexity index is 928. The summed E-state index contributed by atoms with van der Waals surface area (Å²) < 4.78 is 18.4. The van der Waals surface area contributed by atoms with Crippen molar-refractivity contribution in [2.24, 2.45) is 0 Å². The van der Waals surface area contributed by atoms with Crippen molar-refractivity contribution in [3.8, 4) is 0 Å². The van der Waals surface area contributed by atoms with Gasteiger partial charge in [0, 0.05) is 13.6 Å². The van der Waals surface area contributed by atoms with E-state index in [1.807, 2.05) is 6.26 Å². The molecule has 6 nitrogen and oxygen atoms in total. The fraction of sp³-hybridized carbons (Fsp3) is 0.318. The number of hydrogen-bond acceptors (Lipinski definition) is 5. The van der Waals surface area contributed by atoms with Crippen molar-refractivity contribution in [1.82, 2.24) is 10.2 Å². The van der Waals surface area contributed by atoms with E-state index in [2.05, 4.69) is 5.32 Å². The van der Waals surface area contributed by atoms with E-state index in [1.54, 1.807) is 36.4 Å². The summed E-state index contributed by atoms with van der Waals surface area (Å²) in [7, 11) is 1.53. The van der Waals surface area contributed by atoms with Crippen molar-refractivity contribution in [1.29, 1.82) is 0 Å². The molecule has 0 saturated carbocycles. The fourth-order valence-corrected chi connectivity index (χ4v) is 3.40. The third kappa shape index (κ3) is 7.88. The Labute approximate surface area is 190 Å². The predicted molar refractivity (Wildman–Crippen MR) is 120 cm³/mol. The van der Waals surface area contributed by atoms with Gasteiger partial charge in [0.15, 0.2) is 6.61 Å². The van der Waals surface area contributed by atoms with Crippen molar-refractivity contribution >= 4 is 41.1 Å². The summed E-state index contributed by atoms with van der Waals surface area (Å²) in [5.41, 5.74) is 0.865. The molecule has 1 N–H and O–H groups in total. The smallest absolute Gasteiger partial charge is 0.329 e. The van der Waals surface area contributed by atoms with Crippen LogP contribution in [0.1, 0.15) is 22.3 Å². The van der Waals surface area contributed by atoms with Crippen LogP contribution in [0.3, 0.4) is 0 Å². The molecule has 2 aromatic carbocycles. The maximum atomic E-state index is 13.3. The van der Waals surface area contributed by atoms with Crippen molar-refractivity contribution < 1.29 is 23.5 Å². The van der Waals surface area contributed by atoms with Gasteiger partial charge < -0.3 is 15.0 Å². The molecule has 9 heteroatoms. The summed E-state index contributed by atoms with van der Waals surface area (Å²) >= 11 is 7.56. The second-order valence-corrected chi connectivity index (χ2v) is 8.17. The number of thioether (sulfide) groups is 1. The van der Waals surface area contributed by atoms with Crippen LogP contribution >= 0.6 is 23.4 Å². The molecule has 0 bridgehead atoms. The lowest BCUT2D eigenvalue weighted by Crippen LogP contribution is -2.43. The Morgan fingerprint density at radius 1 is 1.19 bits per heavy atom. The molecule has 0 spiro atoms. The summed E-state index contributed by atoms with van der Waals surface area (Å²) in [5.74, 6) is -1.44. The number of rotatable bonds is 10. The van der Waals surface area contributed by atoms with Crippen LogP contribution in [-0.4, -0.2) is 54.4 Å². The Hall–Kier alpha value is -2.58. The summed E-state index contributed by atoms with van der Waals surface area (Å²) in [4.78, 5) is 38.7. The van der Waals surface area contributed by atoms with Crippen LogP contribution in [0.4, 0.5) is 4.39 Å². The second kappa shape index (κ2) is 12.3. The van der Waals surface area contributed by atoms with Gasteiger partial charge >= 0.3 is 5.97 Å². The summed E-state index contributed by atoms with van der Waals surface area (Å²) in [6, 6.07) is 11.5. The fourth-order valence-electron chi connectivity index (χ4n) is 2.71. The SMILES string of the molecule is CSCCC(NC(=O)c1ccccc1Cl)C(=O)OCC(=O)N(C)Cc1cccc(F)c1. The van der Waals surface area contributed by atoms with E-state index in [0.717, 1.165) is 0 Å². The monoisotopic (exact) mass is 466 g/mol. The molecule has 2 rings (SSSR count). The zero-order valence-corrected chi connectivity index (χ0v) is 18.8. The zero-order valence-electron chi connectivity index (χ0n) is 17.3. The van der Waals surface area contributed by atoms with Gasteiger partial charge in [-0.3, -0.25) is 9.59 Å². The third-order valence-corrected chi connectivity index (χ3v) is 5.36. The van der Waals surface area contributed by atoms with Crippen LogP contribution in [-0.2, 0) is 20.9 Å². The average molecular weight is 467 g/mol. The molecule has 0 aromatic heterocycles. The maximum Gasteiger partial charge on any atom is 0.329 e. The lowest BCUT2D eigenvalue weighted by Gasteiger charge is -2.20. The van der Waals surface area contributed by atoms with Gasteiger partial charge in [0.25, 0.3) is 11.8 Å². The molecule has 0 aliphatic carbocycles.